The van der Waals surface area contributed by atoms with Crippen molar-refractivity contribution in [2.45, 2.75) is 583 Å². The first kappa shape index (κ1) is 169. The molecule has 0 heterocycles. The molecule has 0 aliphatic heterocycles. The summed E-state index contributed by atoms with van der Waals surface area (Å²) in [4.78, 5) is 0. The predicted molar refractivity (Wildman–Crippen MR) is 610 cm³/mol. The molecule has 0 spiro atoms. The van der Waals surface area contributed by atoms with Crippen LogP contribution in [-0.4, -0.2) is 210 Å². The lowest BCUT2D eigenvalue weighted by atomic mass is 9.86. The number of hydrogen-bond acceptors (Lipinski definition) is 17. The second-order valence-corrected chi connectivity index (χ2v) is 44.5. The van der Waals surface area contributed by atoms with Gasteiger partial charge in [-0.2, -0.15) is 0 Å². The molecule has 1 unspecified atom stereocenters. The van der Waals surface area contributed by atoms with E-state index in [1.54, 1.807) is 13.0 Å². The van der Waals surface area contributed by atoms with Gasteiger partial charge in [-0.1, -0.05) is 151 Å². The fraction of sp³-hybridized carbons (Fsp3) is 0.881. The highest BCUT2D eigenvalue weighted by Crippen LogP contribution is 2.28. The Kier molecular flexibility index (Phi) is 144. The molecule has 0 N–H and O–H groups in total. The molecule has 0 aromatic carbocycles. The van der Waals surface area contributed by atoms with Gasteiger partial charge in [0.2, 0.25) is 3.79 Å². The van der Waals surface area contributed by atoms with E-state index in [2.05, 4.69) is 255 Å². The molecule has 17 nitrogen and oxygen atoms in total. The van der Waals surface area contributed by atoms with Gasteiger partial charge in [0.25, 0.3) is 0 Å². The largest absolute Gasteiger partial charge is 0.444 e. The number of hydrogen-bond donors (Lipinski definition) is 0. The Labute approximate surface area is 879 Å². The molecule has 20 heteroatoms. The number of alkyl halides is 3. The van der Waals surface area contributed by atoms with Crippen molar-refractivity contribution in [2.75, 3.05) is 72.7 Å². The van der Waals surface area contributed by atoms with Crippen LogP contribution in [-0.2, 0) is 80.5 Å². The van der Waals surface area contributed by atoms with E-state index in [0.717, 1.165) is 57.2 Å². The van der Waals surface area contributed by atoms with E-state index >= 15 is 0 Å². The van der Waals surface area contributed by atoms with Gasteiger partial charge < -0.3 is 80.5 Å². The smallest absolute Gasteiger partial charge is 0.213 e. The standard InChI is InChI=1S/C10H18O.C8H16O.3C8H18O.C7H14O.2C7H16O.C7H14O.2C7H12O.C6H14O.C6H12O.2C6H10O.C5H9Cl3O.C5H12O/c1-9(2)11-8-6-7-10(3,4)5;1-7(2)9-6-8-4-3-5-8;1-7(2)9-6-8(3,4)5;1-6(2)8(5)9-7(3)4;1-5-8(6-2)9-7(3)4;1-6(2)8-7-4-3-5-7;1-6(2)8-7(3,4)5;2*1-6(2)5-8-7(3)4;2*1-4-5-6-8-7(2)3;1-5(2)7-6(3)4;3*1-4-5-7-6(2)3;1-4(2)9-3-5(6,7)8;1-4-6-5(2)3/h9H,8H2,1-5H3;7-8H,3-6H2,1-2H3;7H,6H2,1-5H3;6-8H,1-5H3;7-8H,5-6H2,1-4H3;6-7H,3-5H2,1-2H3;6H,1-5H3;6-7H,5H2,1-4H3;7H,1,5H2,2-4H3;7H,6H2,1-3H3;1,7H,5-6H2,2-3H3;5-6H,1-4H3;4,6H,1,5H2,2-3H3;6H,1-3H3;1,6H,5H2,2-3H3;4H,3H2,1-2H3;5H,4H2,1-3H3. The molecule has 1 atom stereocenters. The molecule has 2 aliphatic rings. The Morgan fingerprint density at radius 2 is 0.804 bits per heavy atom. The van der Waals surface area contributed by atoms with Gasteiger partial charge in [0.05, 0.1) is 161 Å². The zero-order valence-electron chi connectivity index (χ0n) is 102. The highest BCUT2D eigenvalue weighted by molar-refractivity contribution is 6.67. The van der Waals surface area contributed by atoms with Crippen LogP contribution in [0.4, 0.5) is 0 Å². The van der Waals surface area contributed by atoms with Crippen molar-refractivity contribution in [2.24, 2.45) is 28.6 Å². The van der Waals surface area contributed by atoms with Gasteiger partial charge in [-0.25, -0.2) is 0 Å². The summed E-state index contributed by atoms with van der Waals surface area (Å²) in [6.07, 6.45) is 32.8. The van der Waals surface area contributed by atoms with Gasteiger partial charge in [0.15, 0.2) is 0 Å². The van der Waals surface area contributed by atoms with Crippen molar-refractivity contribution in [1.29, 1.82) is 0 Å². The Balaban J connectivity index is -0.0000000897. The summed E-state index contributed by atoms with van der Waals surface area (Å²) in [7, 11) is 0. The van der Waals surface area contributed by atoms with Crippen molar-refractivity contribution >= 4 is 34.8 Å². The zero-order valence-corrected chi connectivity index (χ0v) is 104. The molecule has 0 aromatic rings. The third-order valence-corrected chi connectivity index (χ3v) is 14.8. The van der Waals surface area contributed by atoms with Crippen LogP contribution in [0.5, 0.6) is 0 Å². The summed E-state index contributed by atoms with van der Waals surface area (Å²) in [5.74, 6) is 21.3. The first-order valence-electron chi connectivity index (χ1n) is 52.2. The van der Waals surface area contributed by atoms with Crippen molar-refractivity contribution in [3.63, 3.8) is 0 Å². The van der Waals surface area contributed by atoms with Crippen molar-refractivity contribution in [3.8, 4) is 60.4 Å². The maximum Gasteiger partial charge on any atom is 0.213 e. The van der Waals surface area contributed by atoms with Crippen molar-refractivity contribution < 1.29 is 80.5 Å². The molecule has 0 amide bonds. The van der Waals surface area contributed by atoms with Gasteiger partial charge >= 0.3 is 0 Å². The third kappa shape index (κ3) is 241. The van der Waals surface area contributed by atoms with E-state index in [9.17, 15) is 0 Å². The molecular formula is C118H239Cl3O17. The number of rotatable bonds is 40. The molecule has 2 rings (SSSR count). The SMILES string of the molecule is C#CCCOC(C)C.C#CCOC(C)C.C=C(C)COC(C)C.C=CCOC(C)C.CC#CCOC(C)C.CC#COC(C)C.CC(C)COC(C)C.CC(C)OC(C)(C)C.CC(C)OC(C)C.CC(C)OC(C)C(C)C.CC(C)OC1CCC1.CC(C)OCC#CC(C)(C)C.CC(C)OCC(C)(C)C.CC(C)OCC(Cl)(Cl)Cl.CC(C)OCC1CCC1.CCC(CC)OC(C)C.CCOC(C)C. The molecular weight excluding hydrogens is 1800 g/mol. The van der Waals surface area contributed by atoms with E-state index in [0.29, 0.717) is 161 Å². The summed E-state index contributed by atoms with van der Waals surface area (Å²) in [6.45, 7) is 129. The molecule has 2 aliphatic carbocycles. The normalized spacial score (nSPS) is 12.1. The van der Waals surface area contributed by atoms with Crippen LogP contribution < -0.4 is 0 Å². The van der Waals surface area contributed by atoms with Crippen LogP contribution in [0.1, 0.15) is 446 Å². The van der Waals surface area contributed by atoms with Crippen LogP contribution >= 0.6 is 34.8 Å². The quantitative estimate of drug-likeness (QED) is 0.0247. The molecule has 0 radical (unpaired) electrons. The summed E-state index contributed by atoms with van der Waals surface area (Å²) < 4.78 is 87.7. The fourth-order valence-corrected chi connectivity index (χ4v) is 8.27. The second kappa shape index (κ2) is 118. The molecule has 2 fully saturated rings. The topological polar surface area (TPSA) is 157 Å². The van der Waals surface area contributed by atoms with E-state index < -0.39 is 3.79 Å². The van der Waals surface area contributed by atoms with E-state index in [-0.39, 0.29) is 42.0 Å². The van der Waals surface area contributed by atoms with E-state index in [1.165, 1.54) is 38.5 Å². The highest BCUT2D eigenvalue weighted by atomic mass is 35.6. The Morgan fingerprint density at radius 3 is 0.964 bits per heavy atom. The fourth-order valence-electron chi connectivity index (χ4n) is 8.08. The maximum absolute atomic E-state index is 5.55. The van der Waals surface area contributed by atoms with Crippen LogP contribution in [0.15, 0.2) is 24.8 Å². The predicted octanol–water partition coefficient (Wildman–Crippen LogP) is 33.4. The lowest BCUT2D eigenvalue weighted by Crippen LogP contribution is -2.24. The monoisotopic (exact) mass is 2030 g/mol. The van der Waals surface area contributed by atoms with Gasteiger partial charge in [-0.05, 0) is 387 Å². The third-order valence-electron chi connectivity index (χ3n) is 14.5. The lowest BCUT2D eigenvalue weighted by Gasteiger charge is -2.27. The molecule has 0 saturated heterocycles. The minimum absolute atomic E-state index is 0.0220. The van der Waals surface area contributed by atoms with Gasteiger partial charge in [-0.15, -0.1) is 31.3 Å². The molecule has 0 bridgehead atoms. The van der Waals surface area contributed by atoms with E-state index in [1.807, 2.05) is 187 Å². The van der Waals surface area contributed by atoms with Crippen LogP contribution in [0, 0.1) is 89.0 Å². The average molecular weight is 2040 g/mol. The average Bonchev–Trinajstić information content (AvgIpc) is 0.936. The molecule has 2 saturated carbocycles. The first-order valence-corrected chi connectivity index (χ1v) is 53.3. The Hall–Kier alpha value is -2.69. The Bertz CT molecular complexity index is 2610. The summed E-state index contributed by atoms with van der Waals surface area (Å²) in [5, 5.41) is 0. The first-order chi connectivity index (χ1) is 63.0. The van der Waals surface area contributed by atoms with Gasteiger partial charge in [0, 0.05) is 38.6 Å². The Morgan fingerprint density at radius 1 is 0.413 bits per heavy atom. The maximum atomic E-state index is 5.55. The minimum atomic E-state index is -1.27. The van der Waals surface area contributed by atoms with E-state index in [4.69, 9.17) is 128 Å². The highest BCUT2D eigenvalue weighted by Gasteiger charge is 2.21. The van der Waals surface area contributed by atoms with Gasteiger partial charge in [-0.3, -0.25) is 0 Å². The van der Waals surface area contributed by atoms with Crippen LogP contribution in [0.2, 0.25) is 0 Å². The lowest BCUT2D eigenvalue weighted by molar-refractivity contribution is -0.0425. The summed E-state index contributed by atoms with van der Waals surface area (Å²) >= 11 is 16.1. The summed E-state index contributed by atoms with van der Waals surface area (Å²) in [5.41, 5.74) is 1.51. The molecule has 138 heavy (non-hydrogen) atoms. The van der Waals surface area contributed by atoms with Crippen LogP contribution in [0.3, 0.4) is 0 Å². The number of halogens is 3. The molecule has 834 valence electrons. The molecule has 0 aromatic heterocycles. The second-order valence-electron chi connectivity index (χ2n) is 42.0. The van der Waals surface area contributed by atoms with Gasteiger partial charge in [0.1, 0.15) is 32.0 Å². The van der Waals surface area contributed by atoms with Crippen LogP contribution in [0.25, 0.3) is 0 Å². The zero-order chi connectivity index (χ0) is 112. The van der Waals surface area contributed by atoms with Crippen molar-refractivity contribution in [1.82, 2.24) is 0 Å². The summed E-state index contributed by atoms with van der Waals surface area (Å²) in [6, 6.07) is 0. The number of terminal acetylenes is 2. The minimum Gasteiger partial charge on any atom is -0.444 e. The van der Waals surface area contributed by atoms with Crippen molar-refractivity contribution in [3.05, 3.63) is 24.8 Å². The number of ether oxygens (including phenoxy) is 17.